The Morgan fingerprint density at radius 2 is 1.40 bits per heavy atom. The SMILES string of the molecule is CCCCCCCCC/C=C/C(CCCCCC)COS(=O)(=O)[O-].[Na+]. The molecule has 1 unspecified atom stereocenters. The van der Waals surface area contributed by atoms with E-state index < -0.39 is 10.4 Å². The summed E-state index contributed by atoms with van der Waals surface area (Å²) >= 11 is 0. The molecule has 0 fully saturated rings. The third kappa shape index (κ3) is 22.6. The van der Waals surface area contributed by atoms with Gasteiger partial charge in [-0.15, -0.1) is 0 Å². The minimum atomic E-state index is -4.59. The first-order valence-corrected chi connectivity index (χ1v) is 11.1. The van der Waals surface area contributed by atoms with Crippen LogP contribution >= 0.6 is 0 Å². The van der Waals surface area contributed by atoms with Gasteiger partial charge < -0.3 is 4.55 Å². The molecule has 0 aliphatic carbocycles. The van der Waals surface area contributed by atoms with Gasteiger partial charge in [-0.25, -0.2) is 8.42 Å². The van der Waals surface area contributed by atoms with Crippen LogP contribution in [0.1, 0.15) is 97.3 Å². The van der Waals surface area contributed by atoms with Crippen molar-refractivity contribution < 1.29 is 46.7 Å². The zero-order valence-corrected chi connectivity index (χ0v) is 19.5. The van der Waals surface area contributed by atoms with Crippen molar-refractivity contribution in [1.82, 2.24) is 0 Å². The Balaban J connectivity index is 0. The third-order valence-electron chi connectivity index (χ3n) is 4.24. The molecule has 1 atom stereocenters. The van der Waals surface area contributed by atoms with Crippen LogP contribution in [0.2, 0.25) is 0 Å². The molecule has 0 radical (unpaired) electrons. The summed E-state index contributed by atoms with van der Waals surface area (Å²) in [6.45, 7) is 4.36. The van der Waals surface area contributed by atoms with Crippen molar-refractivity contribution in [2.24, 2.45) is 5.92 Å². The average molecular weight is 385 g/mol. The van der Waals surface area contributed by atoms with Crippen LogP contribution in [-0.4, -0.2) is 19.6 Å². The largest absolute Gasteiger partial charge is 1.00 e. The maximum atomic E-state index is 10.6. The molecule has 25 heavy (non-hydrogen) atoms. The fraction of sp³-hybridized carbons (Fsp3) is 0.895. The molecule has 0 bridgehead atoms. The summed E-state index contributed by atoms with van der Waals surface area (Å²) in [6, 6.07) is 0. The van der Waals surface area contributed by atoms with Gasteiger partial charge in [0.2, 0.25) is 10.4 Å². The fourth-order valence-corrected chi connectivity index (χ4v) is 3.09. The second-order valence-corrected chi connectivity index (χ2v) is 7.69. The molecule has 0 saturated heterocycles. The molecule has 0 aliphatic heterocycles. The monoisotopic (exact) mass is 384 g/mol. The first kappa shape index (κ1) is 27.8. The van der Waals surface area contributed by atoms with Gasteiger partial charge in [-0.05, 0) is 19.3 Å². The first-order valence-electron chi connectivity index (χ1n) is 9.76. The standard InChI is InChI=1S/C19H38O4S.Na/c1-3-5-7-9-10-11-12-13-15-17-19(16-14-8-6-4-2)18-23-24(20,21)22;/h15,17,19H,3-14,16,18H2,1-2H3,(H,20,21,22);/q;+1/p-1/b17-15+;. The quantitative estimate of drug-likeness (QED) is 0.127. The van der Waals surface area contributed by atoms with Crippen molar-refractivity contribution >= 4 is 10.4 Å². The van der Waals surface area contributed by atoms with Gasteiger partial charge in [0.1, 0.15) is 0 Å². The van der Waals surface area contributed by atoms with E-state index in [0.29, 0.717) is 0 Å². The molecular weight excluding hydrogens is 347 g/mol. The van der Waals surface area contributed by atoms with Crippen LogP contribution < -0.4 is 29.6 Å². The van der Waals surface area contributed by atoms with Crippen LogP contribution in [0.3, 0.4) is 0 Å². The van der Waals surface area contributed by atoms with Crippen molar-refractivity contribution in [2.75, 3.05) is 6.61 Å². The van der Waals surface area contributed by atoms with Crippen molar-refractivity contribution in [3.05, 3.63) is 12.2 Å². The molecule has 6 heteroatoms. The van der Waals surface area contributed by atoms with Gasteiger partial charge in [-0.1, -0.05) is 90.2 Å². The summed E-state index contributed by atoms with van der Waals surface area (Å²) in [6.07, 6.45) is 19.6. The zero-order chi connectivity index (χ0) is 18.1. The van der Waals surface area contributed by atoms with E-state index in [1.54, 1.807) is 0 Å². The van der Waals surface area contributed by atoms with Gasteiger partial charge in [0.25, 0.3) is 0 Å². The number of hydrogen-bond donors (Lipinski definition) is 0. The molecule has 0 rings (SSSR count). The van der Waals surface area contributed by atoms with E-state index in [-0.39, 0.29) is 42.1 Å². The third-order valence-corrected chi connectivity index (χ3v) is 4.66. The Labute approximate surface area is 178 Å². The van der Waals surface area contributed by atoms with Gasteiger partial charge >= 0.3 is 29.6 Å². The van der Waals surface area contributed by atoms with Crippen LogP contribution in [0.5, 0.6) is 0 Å². The van der Waals surface area contributed by atoms with Gasteiger partial charge in [-0.3, -0.25) is 4.18 Å². The fourth-order valence-electron chi connectivity index (χ4n) is 2.75. The van der Waals surface area contributed by atoms with Crippen molar-refractivity contribution in [3.8, 4) is 0 Å². The predicted molar refractivity (Wildman–Crippen MR) is 99.6 cm³/mol. The van der Waals surface area contributed by atoms with Crippen LogP contribution in [-0.2, 0) is 14.6 Å². The zero-order valence-electron chi connectivity index (χ0n) is 16.7. The van der Waals surface area contributed by atoms with E-state index in [0.717, 1.165) is 25.7 Å². The summed E-state index contributed by atoms with van der Waals surface area (Å²) in [7, 11) is -4.59. The summed E-state index contributed by atoms with van der Waals surface area (Å²) < 4.78 is 36.3. The summed E-state index contributed by atoms with van der Waals surface area (Å²) in [4.78, 5) is 0. The second kappa shape index (κ2) is 19.4. The molecule has 0 N–H and O–H groups in total. The van der Waals surface area contributed by atoms with E-state index in [1.807, 2.05) is 6.08 Å². The Morgan fingerprint density at radius 3 is 1.96 bits per heavy atom. The molecular formula is C19H37NaO4S. The van der Waals surface area contributed by atoms with Crippen LogP contribution in [0, 0.1) is 5.92 Å². The van der Waals surface area contributed by atoms with Gasteiger partial charge in [0, 0.05) is 5.92 Å². The van der Waals surface area contributed by atoms with Crippen molar-refractivity contribution in [2.45, 2.75) is 97.3 Å². The number of hydrogen-bond acceptors (Lipinski definition) is 4. The Kier molecular flexibility index (Phi) is 21.6. The molecule has 0 aromatic heterocycles. The molecule has 0 amide bonds. The Hall–Kier alpha value is 0.610. The summed E-state index contributed by atoms with van der Waals surface area (Å²) in [5, 5.41) is 0. The van der Waals surface area contributed by atoms with Gasteiger partial charge in [-0.2, -0.15) is 0 Å². The minimum absolute atomic E-state index is 0. The van der Waals surface area contributed by atoms with Gasteiger partial charge in [0.15, 0.2) is 0 Å². The van der Waals surface area contributed by atoms with E-state index in [9.17, 15) is 13.0 Å². The molecule has 0 saturated carbocycles. The van der Waals surface area contributed by atoms with Crippen LogP contribution in [0.15, 0.2) is 12.2 Å². The molecule has 144 valence electrons. The molecule has 0 heterocycles. The summed E-state index contributed by atoms with van der Waals surface area (Å²) in [5.41, 5.74) is 0. The maximum absolute atomic E-state index is 10.6. The minimum Gasteiger partial charge on any atom is -0.726 e. The molecule has 0 spiro atoms. The number of allylic oxidation sites excluding steroid dienone is 1. The smallest absolute Gasteiger partial charge is 0.726 e. The molecule has 0 aromatic carbocycles. The van der Waals surface area contributed by atoms with E-state index >= 15 is 0 Å². The van der Waals surface area contributed by atoms with Crippen molar-refractivity contribution in [1.29, 1.82) is 0 Å². The van der Waals surface area contributed by atoms with E-state index in [1.165, 1.54) is 57.8 Å². The normalized spacial score (nSPS) is 13.1. The number of unbranched alkanes of at least 4 members (excludes halogenated alkanes) is 10. The number of rotatable bonds is 17. The van der Waals surface area contributed by atoms with Crippen LogP contribution in [0.4, 0.5) is 0 Å². The Morgan fingerprint density at radius 1 is 0.880 bits per heavy atom. The van der Waals surface area contributed by atoms with Crippen molar-refractivity contribution in [3.63, 3.8) is 0 Å². The van der Waals surface area contributed by atoms with Crippen LogP contribution in [0.25, 0.3) is 0 Å². The average Bonchev–Trinajstić information content (AvgIpc) is 2.53. The topological polar surface area (TPSA) is 66.4 Å². The molecule has 4 nitrogen and oxygen atoms in total. The van der Waals surface area contributed by atoms with E-state index in [4.69, 9.17) is 0 Å². The van der Waals surface area contributed by atoms with Gasteiger partial charge in [0.05, 0.1) is 6.61 Å². The molecule has 0 aromatic rings. The predicted octanol–water partition coefficient (Wildman–Crippen LogP) is 2.75. The molecule has 0 aliphatic rings. The Bertz CT molecular complexity index is 396. The first-order chi connectivity index (χ1) is 11.5. The second-order valence-electron chi connectivity index (χ2n) is 6.64. The summed E-state index contributed by atoms with van der Waals surface area (Å²) in [5.74, 6) is 0.0233. The van der Waals surface area contributed by atoms with E-state index in [2.05, 4.69) is 24.1 Å². The maximum Gasteiger partial charge on any atom is 1.00 e.